The highest BCUT2D eigenvalue weighted by molar-refractivity contribution is 6.09. The molecule has 0 saturated carbocycles. The number of nitrogens with one attached hydrogen (secondary N) is 2. The summed E-state index contributed by atoms with van der Waals surface area (Å²) in [5.41, 5.74) is 2.42. The number of hydrogen-bond donors (Lipinski definition) is 2. The van der Waals surface area contributed by atoms with Gasteiger partial charge in [-0.1, -0.05) is 37.3 Å². The number of benzene rings is 2. The van der Waals surface area contributed by atoms with E-state index in [0.717, 1.165) is 0 Å². The Morgan fingerprint density at radius 2 is 1.81 bits per heavy atom. The van der Waals surface area contributed by atoms with Gasteiger partial charge in [0.25, 0.3) is 11.8 Å². The maximum absolute atomic E-state index is 12.9. The number of carbonyl (C=O) groups excluding carboxylic acids is 3. The molecule has 7 nitrogen and oxygen atoms in total. The van der Waals surface area contributed by atoms with E-state index in [0.29, 0.717) is 22.6 Å². The van der Waals surface area contributed by atoms with E-state index in [9.17, 15) is 14.4 Å². The minimum atomic E-state index is -1.21. The molecule has 1 atom stereocenters. The SMILES string of the molecule is CC[C@@]1(c2ccccc2)NC(=O)N(NC(=O)c2ccc(C#N)cc2)C1=O. The van der Waals surface area contributed by atoms with Crippen molar-refractivity contribution in [3.63, 3.8) is 0 Å². The monoisotopic (exact) mass is 348 g/mol. The Bertz CT molecular complexity index is 903. The summed E-state index contributed by atoms with van der Waals surface area (Å²) in [4.78, 5) is 37.6. The van der Waals surface area contributed by atoms with Crippen molar-refractivity contribution in [2.24, 2.45) is 0 Å². The van der Waals surface area contributed by atoms with Gasteiger partial charge in [0.05, 0.1) is 11.6 Å². The highest BCUT2D eigenvalue weighted by Gasteiger charge is 2.52. The van der Waals surface area contributed by atoms with Crippen LogP contribution in [0.25, 0.3) is 0 Å². The zero-order chi connectivity index (χ0) is 18.7. The fourth-order valence-corrected chi connectivity index (χ4v) is 2.90. The Hall–Kier alpha value is -3.66. The molecule has 1 aliphatic rings. The van der Waals surface area contributed by atoms with Crippen LogP contribution in [-0.4, -0.2) is 22.9 Å². The number of imide groups is 1. The molecule has 0 aliphatic carbocycles. The topological polar surface area (TPSA) is 102 Å². The molecule has 2 N–H and O–H groups in total. The summed E-state index contributed by atoms with van der Waals surface area (Å²) in [5, 5.41) is 12.2. The third kappa shape index (κ3) is 2.78. The summed E-state index contributed by atoms with van der Waals surface area (Å²) in [7, 11) is 0. The van der Waals surface area contributed by atoms with Gasteiger partial charge in [0.1, 0.15) is 5.54 Å². The highest BCUT2D eigenvalue weighted by Crippen LogP contribution is 2.31. The summed E-state index contributed by atoms with van der Waals surface area (Å²) >= 11 is 0. The Morgan fingerprint density at radius 3 is 2.38 bits per heavy atom. The number of amides is 4. The largest absolute Gasteiger partial charge is 0.344 e. The van der Waals surface area contributed by atoms with Crippen molar-refractivity contribution >= 4 is 17.8 Å². The van der Waals surface area contributed by atoms with Crippen LogP contribution in [0.2, 0.25) is 0 Å². The van der Waals surface area contributed by atoms with Crippen molar-refractivity contribution in [2.75, 3.05) is 0 Å². The van der Waals surface area contributed by atoms with Crippen LogP contribution in [0.5, 0.6) is 0 Å². The smallest absolute Gasteiger partial charge is 0.318 e. The molecule has 1 heterocycles. The molecule has 1 aliphatic heterocycles. The zero-order valence-electron chi connectivity index (χ0n) is 14.0. The lowest BCUT2D eigenvalue weighted by atomic mass is 9.87. The van der Waals surface area contributed by atoms with Crippen LogP contribution in [0, 0.1) is 11.3 Å². The molecule has 0 radical (unpaired) electrons. The number of nitriles is 1. The summed E-state index contributed by atoms with van der Waals surface area (Å²) < 4.78 is 0. The molecular formula is C19H16N4O3. The maximum Gasteiger partial charge on any atom is 0.344 e. The minimum absolute atomic E-state index is 0.235. The minimum Gasteiger partial charge on any atom is -0.318 e. The van der Waals surface area contributed by atoms with Gasteiger partial charge < -0.3 is 5.32 Å². The number of hydrazine groups is 1. The lowest BCUT2D eigenvalue weighted by Gasteiger charge is -2.25. The van der Waals surface area contributed by atoms with Crippen molar-refractivity contribution in [2.45, 2.75) is 18.9 Å². The molecule has 2 aromatic carbocycles. The molecule has 26 heavy (non-hydrogen) atoms. The van der Waals surface area contributed by atoms with Crippen molar-refractivity contribution in [1.29, 1.82) is 5.26 Å². The standard InChI is InChI=1S/C19H16N4O3/c1-2-19(15-6-4-3-5-7-15)17(25)23(18(26)21-19)22-16(24)14-10-8-13(12-20)9-11-14/h3-11H,2H2,1H3,(H,21,26)(H,22,24)/t19-/m0/s1. The van der Waals surface area contributed by atoms with E-state index in [1.54, 1.807) is 31.2 Å². The average Bonchev–Trinajstić information content (AvgIpc) is 2.93. The van der Waals surface area contributed by atoms with Crippen LogP contribution in [0.4, 0.5) is 4.79 Å². The summed E-state index contributed by atoms with van der Waals surface area (Å²) in [5.74, 6) is -1.16. The third-order valence-electron chi connectivity index (χ3n) is 4.38. The first-order valence-electron chi connectivity index (χ1n) is 8.05. The average molecular weight is 348 g/mol. The molecule has 130 valence electrons. The van der Waals surface area contributed by atoms with Gasteiger partial charge in [-0.15, -0.1) is 0 Å². The lowest BCUT2D eigenvalue weighted by Crippen LogP contribution is -2.48. The van der Waals surface area contributed by atoms with E-state index in [-0.39, 0.29) is 5.56 Å². The zero-order valence-corrected chi connectivity index (χ0v) is 14.0. The van der Waals surface area contributed by atoms with Gasteiger partial charge in [-0.2, -0.15) is 10.3 Å². The van der Waals surface area contributed by atoms with Gasteiger partial charge in [0, 0.05) is 5.56 Å². The molecule has 0 bridgehead atoms. The molecule has 3 rings (SSSR count). The van der Waals surface area contributed by atoms with E-state index in [4.69, 9.17) is 5.26 Å². The fraction of sp³-hybridized carbons (Fsp3) is 0.158. The van der Waals surface area contributed by atoms with Crippen LogP contribution in [-0.2, 0) is 10.3 Å². The Balaban J connectivity index is 1.85. The molecule has 4 amide bonds. The van der Waals surface area contributed by atoms with Gasteiger partial charge >= 0.3 is 6.03 Å². The second-order valence-corrected chi connectivity index (χ2v) is 5.83. The third-order valence-corrected chi connectivity index (χ3v) is 4.38. The van der Waals surface area contributed by atoms with E-state index in [1.165, 1.54) is 24.3 Å². The Labute approximate surface area is 150 Å². The predicted octanol–water partition coefficient (Wildman–Crippen LogP) is 2.06. The van der Waals surface area contributed by atoms with Crippen LogP contribution >= 0.6 is 0 Å². The second-order valence-electron chi connectivity index (χ2n) is 5.83. The van der Waals surface area contributed by atoms with Gasteiger partial charge in [-0.25, -0.2) is 4.79 Å². The number of hydrogen-bond acceptors (Lipinski definition) is 4. The first-order valence-corrected chi connectivity index (χ1v) is 8.05. The quantitative estimate of drug-likeness (QED) is 0.826. The van der Waals surface area contributed by atoms with E-state index in [2.05, 4.69) is 10.7 Å². The maximum atomic E-state index is 12.9. The first kappa shape index (κ1) is 17.2. The summed E-state index contributed by atoms with van der Waals surface area (Å²) in [6, 6.07) is 16.0. The molecule has 0 unspecified atom stereocenters. The normalized spacial score (nSPS) is 19.0. The Morgan fingerprint density at radius 1 is 1.15 bits per heavy atom. The molecule has 7 heteroatoms. The van der Waals surface area contributed by atoms with Crippen molar-refractivity contribution in [3.05, 3.63) is 71.3 Å². The number of carbonyl (C=O) groups is 3. The van der Waals surface area contributed by atoms with Gasteiger partial charge in [-0.3, -0.25) is 15.0 Å². The van der Waals surface area contributed by atoms with Crippen LogP contribution in [0.1, 0.15) is 34.8 Å². The van der Waals surface area contributed by atoms with Crippen LogP contribution in [0.15, 0.2) is 54.6 Å². The second kappa shape index (κ2) is 6.69. The predicted molar refractivity (Wildman–Crippen MR) is 92.4 cm³/mol. The highest BCUT2D eigenvalue weighted by atomic mass is 16.2. The summed E-state index contributed by atoms with van der Waals surface area (Å²) in [6.07, 6.45) is 0.338. The Kier molecular flexibility index (Phi) is 4.42. The molecule has 1 saturated heterocycles. The molecule has 2 aromatic rings. The van der Waals surface area contributed by atoms with E-state index < -0.39 is 23.4 Å². The van der Waals surface area contributed by atoms with Crippen molar-refractivity contribution in [1.82, 2.24) is 15.8 Å². The van der Waals surface area contributed by atoms with Crippen LogP contribution < -0.4 is 10.7 Å². The van der Waals surface area contributed by atoms with Gasteiger partial charge in [0.2, 0.25) is 0 Å². The van der Waals surface area contributed by atoms with E-state index in [1.807, 2.05) is 12.1 Å². The van der Waals surface area contributed by atoms with E-state index >= 15 is 0 Å². The van der Waals surface area contributed by atoms with Gasteiger partial charge in [0.15, 0.2) is 0 Å². The van der Waals surface area contributed by atoms with Crippen LogP contribution in [0.3, 0.4) is 0 Å². The molecule has 0 aromatic heterocycles. The summed E-state index contributed by atoms with van der Waals surface area (Å²) in [6.45, 7) is 1.79. The number of urea groups is 1. The van der Waals surface area contributed by atoms with Crippen molar-refractivity contribution in [3.8, 4) is 6.07 Å². The molecule has 1 fully saturated rings. The van der Waals surface area contributed by atoms with Crippen molar-refractivity contribution < 1.29 is 14.4 Å². The first-order chi connectivity index (χ1) is 12.5. The molecule has 0 spiro atoms. The van der Waals surface area contributed by atoms with Gasteiger partial charge in [-0.05, 0) is 36.2 Å². The number of rotatable bonds is 4. The fourth-order valence-electron chi connectivity index (χ4n) is 2.90. The lowest BCUT2D eigenvalue weighted by molar-refractivity contribution is -0.133. The molecular weight excluding hydrogens is 332 g/mol. The number of nitrogens with zero attached hydrogens (tertiary/aromatic N) is 2.